The van der Waals surface area contributed by atoms with E-state index < -0.39 is 40.1 Å². The van der Waals surface area contributed by atoms with Crippen molar-refractivity contribution in [3.63, 3.8) is 0 Å². The maximum absolute atomic E-state index is 11.9. The van der Waals surface area contributed by atoms with Crippen molar-refractivity contribution >= 4 is 21.6 Å². The smallest absolute Gasteiger partial charge is 0.327 e. The van der Waals surface area contributed by atoms with Crippen LogP contribution in [0.5, 0.6) is 0 Å². The number of alkyl halides is 1. The van der Waals surface area contributed by atoms with Gasteiger partial charge in [0.1, 0.15) is 18.6 Å². The predicted octanol–water partition coefficient (Wildman–Crippen LogP) is -0.589. The minimum Gasteiger partial charge on any atom is -0.480 e. The van der Waals surface area contributed by atoms with Gasteiger partial charge in [-0.3, -0.25) is 5.41 Å². The van der Waals surface area contributed by atoms with Crippen molar-refractivity contribution in [2.75, 3.05) is 18.2 Å². The van der Waals surface area contributed by atoms with E-state index in [4.69, 9.17) is 10.5 Å². The highest BCUT2D eigenvalue weighted by Crippen LogP contribution is 1.96. The van der Waals surface area contributed by atoms with Gasteiger partial charge in [0.15, 0.2) is 9.84 Å². The summed E-state index contributed by atoms with van der Waals surface area (Å²) in [5.41, 5.74) is 0. The molecule has 0 spiro atoms. The van der Waals surface area contributed by atoms with Gasteiger partial charge < -0.3 is 10.4 Å². The maximum Gasteiger partial charge on any atom is 0.327 e. The van der Waals surface area contributed by atoms with Crippen LogP contribution in [0.25, 0.3) is 0 Å². The number of aliphatic carboxylic acids is 1. The van der Waals surface area contributed by atoms with Crippen molar-refractivity contribution in [3.8, 4) is 0 Å². The summed E-state index contributed by atoms with van der Waals surface area (Å²) in [5.74, 6) is -2.92. The van der Waals surface area contributed by atoms with Crippen LogP contribution in [-0.2, 0) is 14.6 Å². The highest BCUT2D eigenvalue weighted by molar-refractivity contribution is 7.91. The summed E-state index contributed by atoms with van der Waals surface area (Å²) in [5, 5.41) is 17.5. The molecule has 0 radical (unpaired) electrons. The Labute approximate surface area is 86.9 Å². The highest BCUT2D eigenvalue weighted by atomic mass is 32.2. The van der Waals surface area contributed by atoms with E-state index in [1.54, 1.807) is 0 Å². The monoisotopic (exact) mass is 240 g/mol. The van der Waals surface area contributed by atoms with E-state index in [0.717, 1.165) is 0 Å². The van der Waals surface area contributed by atoms with Crippen molar-refractivity contribution in [2.45, 2.75) is 13.0 Å². The lowest BCUT2D eigenvalue weighted by atomic mass is 10.3. The minimum atomic E-state index is -3.48. The van der Waals surface area contributed by atoms with Crippen molar-refractivity contribution in [1.29, 1.82) is 5.41 Å². The number of amidine groups is 1. The summed E-state index contributed by atoms with van der Waals surface area (Å²) in [6, 6.07) is -1.47. The van der Waals surface area contributed by atoms with Gasteiger partial charge >= 0.3 is 5.97 Å². The molecule has 88 valence electrons. The number of nitrogens with one attached hydrogen (secondary N) is 2. The number of hydrogen-bond donors (Lipinski definition) is 3. The Morgan fingerprint density at radius 2 is 2.13 bits per heavy atom. The fourth-order valence-electron chi connectivity index (χ4n) is 0.795. The topological polar surface area (TPSA) is 107 Å². The third-order valence-corrected chi connectivity index (χ3v) is 3.36. The van der Waals surface area contributed by atoms with Crippen molar-refractivity contribution in [3.05, 3.63) is 0 Å². The largest absolute Gasteiger partial charge is 0.480 e. The van der Waals surface area contributed by atoms with E-state index in [1.165, 1.54) is 6.92 Å². The van der Waals surface area contributed by atoms with Crippen LogP contribution >= 0.6 is 0 Å². The summed E-state index contributed by atoms with van der Waals surface area (Å²) in [4.78, 5) is 10.6. The zero-order chi connectivity index (χ0) is 12.1. The van der Waals surface area contributed by atoms with E-state index in [9.17, 15) is 17.6 Å². The summed E-state index contributed by atoms with van der Waals surface area (Å²) < 4.78 is 34.1. The summed E-state index contributed by atoms with van der Waals surface area (Å²) in [6.45, 7) is 0.227. The Kier molecular flexibility index (Phi) is 5.20. The molecule has 0 aromatic carbocycles. The molecule has 0 rings (SSSR count). The van der Waals surface area contributed by atoms with E-state index in [0.29, 0.717) is 0 Å². The first-order valence-electron chi connectivity index (χ1n) is 4.15. The molecular formula is C7H13FN2O4S. The lowest BCUT2D eigenvalue weighted by molar-refractivity contribution is -0.138. The summed E-state index contributed by atoms with van der Waals surface area (Å²) in [7, 11) is -3.48. The molecule has 0 aliphatic carbocycles. The number of hydrogen-bond acceptors (Lipinski definition) is 4. The first-order chi connectivity index (χ1) is 6.82. The predicted molar refractivity (Wildman–Crippen MR) is 52.6 cm³/mol. The van der Waals surface area contributed by atoms with E-state index >= 15 is 0 Å². The molecule has 0 heterocycles. The lowest BCUT2D eigenvalue weighted by Gasteiger charge is -2.14. The number of carboxylic acids is 1. The SMILES string of the molecule is CCS(=O)(=O)CC(NC(=N)CF)C(=O)O. The van der Waals surface area contributed by atoms with Gasteiger partial charge in [0.25, 0.3) is 0 Å². The second-order valence-electron chi connectivity index (χ2n) is 2.85. The molecule has 1 unspecified atom stereocenters. The zero-order valence-corrected chi connectivity index (χ0v) is 8.97. The Balaban J connectivity index is 4.56. The molecule has 8 heteroatoms. The minimum absolute atomic E-state index is 0.193. The number of halogens is 1. The van der Waals surface area contributed by atoms with Gasteiger partial charge in [0.05, 0.1) is 5.75 Å². The summed E-state index contributed by atoms with van der Waals surface area (Å²) in [6.07, 6.45) is 0. The molecule has 15 heavy (non-hydrogen) atoms. The van der Waals surface area contributed by atoms with Crippen LogP contribution < -0.4 is 5.32 Å². The first-order valence-corrected chi connectivity index (χ1v) is 5.97. The van der Waals surface area contributed by atoms with Gasteiger partial charge in [0, 0.05) is 5.75 Å². The van der Waals surface area contributed by atoms with Crippen LogP contribution in [0, 0.1) is 5.41 Å². The number of carboxylic acid groups (broad SMARTS) is 1. The van der Waals surface area contributed by atoms with Gasteiger partial charge in [-0.1, -0.05) is 6.92 Å². The van der Waals surface area contributed by atoms with Crippen LogP contribution in [0.2, 0.25) is 0 Å². The molecule has 0 amide bonds. The zero-order valence-electron chi connectivity index (χ0n) is 8.16. The second kappa shape index (κ2) is 5.64. The molecule has 1 atom stereocenters. The van der Waals surface area contributed by atoms with Gasteiger partial charge in [-0.05, 0) is 0 Å². The van der Waals surface area contributed by atoms with Gasteiger partial charge in [-0.2, -0.15) is 0 Å². The normalized spacial score (nSPS) is 13.2. The highest BCUT2D eigenvalue weighted by Gasteiger charge is 2.24. The van der Waals surface area contributed by atoms with Crippen LogP contribution in [0.3, 0.4) is 0 Å². The molecule has 0 aliphatic rings. The maximum atomic E-state index is 11.9. The third kappa shape index (κ3) is 5.31. The number of sulfone groups is 1. The molecular weight excluding hydrogens is 227 g/mol. The van der Waals surface area contributed by atoms with Gasteiger partial charge in [-0.15, -0.1) is 0 Å². The molecule has 0 saturated heterocycles. The van der Waals surface area contributed by atoms with E-state index in [1.807, 2.05) is 5.32 Å². The van der Waals surface area contributed by atoms with Crippen LogP contribution in [-0.4, -0.2) is 49.6 Å². The fourth-order valence-corrected chi connectivity index (χ4v) is 1.76. The molecule has 0 saturated carbocycles. The molecule has 0 fully saturated rings. The first kappa shape index (κ1) is 13.8. The number of rotatable bonds is 6. The molecule has 0 aliphatic heterocycles. The Morgan fingerprint density at radius 3 is 2.47 bits per heavy atom. The van der Waals surface area contributed by atoms with E-state index in [2.05, 4.69) is 0 Å². The Morgan fingerprint density at radius 1 is 1.60 bits per heavy atom. The molecule has 0 bridgehead atoms. The lowest BCUT2D eigenvalue weighted by Crippen LogP contribution is -2.45. The Bertz CT molecular complexity index is 341. The average molecular weight is 240 g/mol. The summed E-state index contributed by atoms with van der Waals surface area (Å²) >= 11 is 0. The van der Waals surface area contributed by atoms with Crippen LogP contribution in [0.1, 0.15) is 6.92 Å². The number of carbonyl (C=O) groups is 1. The van der Waals surface area contributed by atoms with Crippen molar-refractivity contribution in [1.82, 2.24) is 5.32 Å². The Hall–Kier alpha value is -1.18. The molecule has 0 aromatic heterocycles. The van der Waals surface area contributed by atoms with Crippen molar-refractivity contribution in [2.24, 2.45) is 0 Å². The quantitative estimate of drug-likeness (QED) is 0.425. The standard InChI is InChI=1S/C7H13FN2O4S/c1-2-15(13,14)4-5(7(11)12)10-6(9)3-8/h5H,2-4H2,1H3,(H2,9,10)(H,11,12). The fraction of sp³-hybridized carbons (Fsp3) is 0.714. The van der Waals surface area contributed by atoms with Gasteiger partial charge in [0.2, 0.25) is 0 Å². The molecule has 3 N–H and O–H groups in total. The van der Waals surface area contributed by atoms with Crippen LogP contribution in [0.15, 0.2) is 0 Å². The van der Waals surface area contributed by atoms with Crippen molar-refractivity contribution < 1.29 is 22.7 Å². The molecule has 0 aromatic rings. The average Bonchev–Trinajstić information content (AvgIpc) is 2.16. The third-order valence-electron chi connectivity index (χ3n) is 1.64. The second-order valence-corrected chi connectivity index (χ2v) is 5.24. The van der Waals surface area contributed by atoms with E-state index in [-0.39, 0.29) is 5.75 Å². The van der Waals surface area contributed by atoms with Crippen LogP contribution in [0.4, 0.5) is 4.39 Å². The van der Waals surface area contributed by atoms with Gasteiger partial charge in [-0.25, -0.2) is 17.6 Å². The molecule has 6 nitrogen and oxygen atoms in total.